The summed E-state index contributed by atoms with van der Waals surface area (Å²) in [7, 11) is 0. The van der Waals surface area contributed by atoms with Crippen LogP contribution in [0.4, 0.5) is 0 Å². The number of carbonyl (C=O) groups is 1. The number of aromatic nitrogens is 4. The summed E-state index contributed by atoms with van der Waals surface area (Å²) in [6.07, 6.45) is 1.47. The average molecular weight is 297 g/mol. The lowest BCUT2D eigenvalue weighted by atomic mass is 10.1. The van der Waals surface area contributed by atoms with E-state index >= 15 is 0 Å². The van der Waals surface area contributed by atoms with Crippen molar-refractivity contribution in [2.75, 3.05) is 6.54 Å². The molecule has 108 valence electrons. The summed E-state index contributed by atoms with van der Waals surface area (Å²) in [5, 5.41) is 13.7. The van der Waals surface area contributed by atoms with Gasteiger partial charge < -0.3 is 11.1 Å². The van der Waals surface area contributed by atoms with Crippen molar-refractivity contribution in [1.29, 1.82) is 0 Å². The maximum Gasteiger partial charge on any atom is 0.251 e. The molecule has 20 heavy (non-hydrogen) atoms. The van der Waals surface area contributed by atoms with Crippen LogP contribution in [0, 0.1) is 0 Å². The fraction of sp³-hybridized carbons (Fsp3) is 0.333. The van der Waals surface area contributed by atoms with Crippen LogP contribution in [0.5, 0.6) is 0 Å². The number of nitrogens with one attached hydrogen (secondary N) is 1. The minimum Gasteiger partial charge on any atom is -0.350 e. The first-order chi connectivity index (χ1) is 8.96. The molecule has 7 nitrogen and oxygen atoms in total. The van der Waals surface area contributed by atoms with Gasteiger partial charge in [0.15, 0.2) is 0 Å². The van der Waals surface area contributed by atoms with E-state index in [4.69, 9.17) is 5.73 Å². The van der Waals surface area contributed by atoms with Crippen molar-refractivity contribution in [3.63, 3.8) is 0 Å². The molecule has 0 atom stereocenters. The second kappa shape index (κ2) is 6.44. The monoisotopic (exact) mass is 296 g/mol. The van der Waals surface area contributed by atoms with Crippen LogP contribution < -0.4 is 11.1 Å². The van der Waals surface area contributed by atoms with E-state index < -0.39 is 5.54 Å². The molecule has 1 aromatic heterocycles. The van der Waals surface area contributed by atoms with E-state index in [2.05, 4.69) is 20.8 Å². The minimum absolute atomic E-state index is 0. The van der Waals surface area contributed by atoms with E-state index in [1.54, 1.807) is 18.2 Å². The fourth-order valence-corrected chi connectivity index (χ4v) is 1.48. The lowest BCUT2D eigenvalue weighted by Crippen LogP contribution is -2.45. The smallest absolute Gasteiger partial charge is 0.251 e. The van der Waals surface area contributed by atoms with Gasteiger partial charge in [-0.05, 0) is 42.5 Å². The summed E-state index contributed by atoms with van der Waals surface area (Å²) in [5.41, 5.74) is 6.65. The molecule has 0 spiro atoms. The fourth-order valence-electron chi connectivity index (χ4n) is 1.48. The van der Waals surface area contributed by atoms with Crippen molar-refractivity contribution < 1.29 is 4.79 Å². The van der Waals surface area contributed by atoms with Gasteiger partial charge in [0.25, 0.3) is 5.91 Å². The highest BCUT2D eigenvalue weighted by Crippen LogP contribution is 2.08. The first-order valence-corrected chi connectivity index (χ1v) is 5.86. The molecule has 2 aromatic rings. The molecule has 0 bridgehead atoms. The van der Waals surface area contributed by atoms with Gasteiger partial charge in [0.1, 0.15) is 6.33 Å². The van der Waals surface area contributed by atoms with Gasteiger partial charge in [-0.2, -0.15) is 0 Å². The Bertz CT molecular complexity index is 564. The topological polar surface area (TPSA) is 98.7 Å². The van der Waals surface area contributed by atoms with Crippen molar-refractivity contribution in [2.24, 2.45) is 5.73 Å². The number of hydrogen-bond donors (Lipinski definition) is 2. The van der Waals surface area contributed by atoms with Crippen molar-refractivity contribution >= 4 is 18.3 Å². The molecule has 0 unspecified atom stereocenters. The number of benzene rings is 1. The zero-order valence-electron chi connectivity index (χ0n) is 11.3. The summed E-state index contributed by atoms with van der Waals surface area (Å²) in [4.78, 5) is 12.0. The Labute approximate surface area is 123 Å². The van der Waals surface area contributed by atoms with Gasteiger partial charge in [-0.25, -0.2) is 4.68 Å². The molecule has 0 saturated heterocycles. The Morgan fingerprint density at radius 1 is 1.45 bits per heavy atom. The lowest BCUT2D eigenvalue weighted by Gasteiger charge is -2.18. The van der Waals surface area contributed by atoms with Crippen molar-refractivity contribution in [3.8, 4) is 5.69 Å². The zero-order chi connectivity index (χ0) is 13.9. The Morgan fingerprint density at radius 3 is 2.80 bits per heavy atom. The summed E-state index contributed by atoms with van der Waals surface area (Å²) in [6.45, 7) is 4.11. The third kappa shape index (κ3) is 4.29. The molecule has 1 heterocycles. The van der Waals surface area contributed by atoms with E-state index in [9.17, 15) is 4.79 Å². The molecule has 3 N–H and O–H groups in total. The van der Waals surface area contributed by atoms with Crippen LogP contribution in [-0.4, -0.2) is 38.2 Å². The Morgan fingerprint density at radius 2 is 2.20 bits per heavy atom. The largest absolute Gasteiger partial charge is 0.350 e. The highest BCUT2D eigenvalue weighted by atomic mass is 35.5. The van der Waals surface area contributed by atoms with Crippen molar-refractivity contribution in [2.45, 2.75) is 19.4 Å². The summed E-state index contributed by atoms with van der Waals surface area (Å²) < 4.78 is 1.49. The number of hydrogen-bond acceptors (Lipinski definition) is 5. The van der Waals surface area contributed by atoms with Crippen LogP contribution in [-0.2, 0) is 0 Å². The van der Waals surface area contributed by atoms with Gasteiger partial charge in [-0.15, -0.1) is 17.5 Å². The molecule has 0 radical (unpaired) electrons. The van der Waals surface area contributed by atoms with Crippen molar-refractivity contribution in [3.05, 3.63) is 36.2 Å². The molecule has 0 fully saturated rings. The summed E-state index contributed by atoms with van der Waals surface area (Å²) in [5.74, 6) is -0.173. The number of tetrazole rings is 1. The maximum atomic E-state index is 12.0. The summed E-state index contributed by atoms with van der Waals surface area (Å²) in [6, 6.07) is 7.04. The third-order valence-corrected chi connectivity index (χ3v) is 2.43. The first kappa shape index (κ1) is 16.1. The van der Waals surface area contributed by atoms with Gasteiger partial charge in [0, 0.05) is 17.6 Å². The number of nitrogens with zero attached hydrogens (tertiary/aromatic N) is 4. The second-order valence-electron chi connectivity index (χ2n) is 4.98. The van der Waals surface area contributed by atoms with E-state index in [0.717, 1.165) is 5.69 Å². The average Bonchev–Trinajstić information content (AvgIpc) is 2.89. The van der Waals surface area contributed by atoms with Crippen molar-refractivity contribution in [1.82, 2.24) is 25.5 Å². The molecule has 8 heteroatoms. The van der Waals surface area contributed by atoms with Gasteiger partial charge in [0.05, 0.1) is 5.69 Å². The summed E-state index contributed by atoms with van der Waals surface area (Å²) >= 11 is 0. The normalized spacial score (nSPS) is 10.8. The van der Waals surface area contributed by atoms with Gasteiger partial charge in [-0.1, -0.05) is 6.07 Å². The van der Waals surface area contributed by atoms with Crippen LogP contribution in [0.1, 0.15) is 24.2 Å². The highest BCUT2D eigenvalue weighted by Gasteiger charge is 2.13. The molecule has 0 aliphatic carbocycles. The van der Waals surface area contributed by atoms with Gasteiger partial charge in [0.2, 0.25) is 0 Å². The zero-order valence-corrected chi connectivity index (χ0v) is 12.1. The minimum atomic E-state index is -0.441. The van der Waals surface area contributed by atoms with Crippen LogP contribution >= 0.6 is 12.4 Å². The lowest BCUT2D eigenvalue weighted by molar-refractivity contribution is 0.0946. The Hall–Kier alpha value is -1.99. The first-order valence-electron chi connectivity index (χ1n) is 5.86. The molecule has 1 aromatic carbocycles. The predicted molar refractivity (Wildman–Crippen MR) is 77.0 cm³/mol. The van der Waals surface area contributed by atoms with Crippen LogP contribution in [0.2, 0.25) is 0 Å². The van der Waals surface area contributed by atoms with E-state index in [0.29, 0.717) is 12.1 Å². The molecule has 0 saturated carbocycles. The second-order valence-corrected chi connectivity index (χ2v) is 4.98. The number of rotatable bonds is 4. The standard InChI is InChI=1S/C12H16N6O.ClH/c1-12(2,13)7-14-11(19)9-4-3-5-10(6-9)18-8-15-16-17-18;/h3-6,8H,7,13H2,1-2H3,(H,14,19);1H. The van der Waals surface area contributed by atoms with Crippen LogP contribution in [0.3, 0.4) is 0 Å². The van der Waals surface area contributed by atoms with E-state index in [1.165, 1.54) is 11.0 Å². The number of nitrogens with two attached hydrogens (primary N) is 1. The van der Waals surface area contributed by atoms with E-state index in [-0.39, 0.29) is 18.3 Å². The van der Waals surface area contributed by atoms with Crippen LogP contribution in [0.25, 0.3) is 5.69 Å². The Balaban J connectivity index is 0.00000200. The number of amides is 1. The molecule has 0 aliphatic heterocycles. The molecular formula is C12H17ClN6O. The molecule has 1 amide bonds. The molecule has 0 aliphatic rings. The molecule has 2 rings (SSSR count). The van der Waals surface area contributed by atoms with Gasteiger partial charge >= 0.3 is 0 Å². The number of halogens is 1. The van der Waals surface area contributed by atoms with E-state index in [1.807, 2.05) is 19.9 Å². The van der Waals surface area contributed by atoms with Gasteiger partial charge in [-0.3, -0.25) is 4.79 Å². The SMILES string of the molecule is CC(C)(N)CNC(=O)c1cccc(-n2cnnn2)c1.Cl. The predicted octanol–water partition coefficient (Wildman–Crippen LogP) is 0.551. The number of carbonyl (C=O) groups excluding carboxylic acids is 1. The highest BCUT2D eigenvalue weighted by molar-refractivity contribution is 5.94. The maximum absolute atomic E-state index is 12.0. The quantitative estimate of drug-likeness (QED) is 0.858. The molecular weight excluding hydrogens is 280 g/mol. The third-order valence-electron chi connectivity index (χ3n) is 2.43. The van der Waals surface area contributed by atoms with Crippen LogP contribution in [0.15, 0.2) is 30.6 Å². The Kier molecular flexibility index (Phi) is 5.18.